The van der Waals surface area contributed by atoms with Crippen molar-refractivity contribution in [3.05, 3.63) is 63.1 Å². The molecule has 0 atom stereocenters. The smallest absolute Gasteiger partial charge is 0.261 e. The third-order valence-corrected chi connectivity index (χ3v) is 4.45. The zero-order valence-electron chi connectivity index (χ0n) is 10.9. The Kier molecular flexibility index (Phi) is 4.12. The highest BCUT2D eigenvalue weighted by Crippen LogP contribution is 2.22. The molecule has 0 aliphatic rings. The van der Waals surface area contributed by atoms with Gasteiger partial charge in [0.05, 0.1) is 8.66 Å². The van der Waals surface area contributed by atoms with Gasteiger partial charge < -0.3 is 5.32 Å². The molecule has 0 saturated heterocycles. The third kappa shape index (κ3) is 3.20. The molecule has 0 aromatic carbocycles. The van der Waals surface area contributed by atoms with Gasteiger partial charge in [0, 0.05) is 30.7 Å². The second-order valence-electron chi connectivity index (χ2n) is 4.22. The summed E-state index contributed by atoms with van der Waals surface area (Å²) >= 11 is 4.76. The zero-order chi connectivity index (χ0) is 14.7. The number of pyridine rings is 1. The summed E-state index contributed by atoms with van der Waals surface area (Å²) in [6.07, 6.45) is 5.23. The Morgan fingerprint density at radius 3 is 2.90 bits per heavy atom. The lowest BCUT2D eigenvalue weighted by atomic mass is 10.2. The molecule has 3 aromatic rings. The Balaban J connectivity index is 1.75. The number of hydrogen-bond donors (Lipinski definition) is 1. The Hall–Kier alpha value is -1.99. The Labute approximate surface area is 133 Å². The number of thiophene rings is 1. The van der Waals surface area contributed by atoms with E-state index in [9.17, 15) is 4.79 Å². The standard InChI is InChI=1S/C14H11BrN4OS/c15-12-5-4-11(21-12)14(20)17-9-10-3-1-6-16-13(10)19-8-2-7-18-19/h1-8H,9H2,(H,17,20). The minimum absolute atomic E-state index is 0.0963. The molecule has 0 saturated carbocycles. The maximum absolute atomic E-state index is 12.1. The van der Waals surface area contributed by atoms with Gasteiger partial charge in [0.1, 0.15) is 0 Å². The molecule has 0 radical (unpaired) electrons. The van der Waals surface area contributed by atoms with Gasteiger partial charge in [-0.2, -0.15) is 5.10 Å². The number of carbonyl (C=O) groups excluding carboxylic acids is 1. The van der Waals surface area contributed by atoms with E-state index in [1.807, 2.05) is 30.5 Å². The van der Waals surface area contributed by atoms with Gasteiger partial charge in [0.15, 0.2) is 5.82 Å². The molecule has 3 rings (SSSR count). The van der Waals surface area contributed by atoms with Gasteiger partial charge >= 0.3 is 0 Å². The molecular formula is C14H11BrN4OS. The third-order valence-electron chi connectivity index (χ3n) is 2.83. The molecule has 0 spiro atoms. The molecule has 7 heteroatoms. The second-order valence-corrected chi connectivity index (χ2v) is 6.69. The normalized spacial score (nSPS) is 10.5. The van der Waals surface area contributed by atoms with Gasteiger partial charge in [-0.3, -0.25) is 4.79 Å². The first kappa shape index (κ1) is 14.0. The van der Waals surface area contributed by atoms with Crippen LogP contribution in [0.2, 0.25) is 0 Å². The number of carbonyl (C=O) groups is 1. The molecular weight excluding hydrogens is 352 g/mol. The molecule has 5 nitrogen and oxygen atoms in total. The quantitative estimate of drug-likeness (QED) is 0.775. The first-order valence-corrected chi connectivity index (χ1v) is 7.82. The summed E-state index contributed by atoms with van der Waals surface area (Å²) in [4.78, 5) is 17.1. The summed E-state index contributed by atoms with van der Waals surface area (Å²) in [5.74, 6) is 0.621. The average molecular weight is 363 g/mol. The number of nitrogens with one attached hydrogen (secondary N) is 1. The van der Waals surface area contributed by atoms with Crippen LogP contribution < -0.4 is 5.32 Å². The number of nitrogens with zero attached hydrogens (tertiary/aromatic N) is 3. The van der Waals surface area contributed by atoms with Crippen molar-refractivity contribution in [2.75, 3.05) is 0 Å². The topological polar surface area (TPSA) is 59.8 Å². The maximum atomic E-state index is 12.1. The lowest BCUT2D eigenvalue weighted by Crippen LogP contribution is -2.23. The molecule has 0 aliphatic heterocycles. The van der Waals surface area contributed by atoms with Crippen molar-refractivity contribution >= 4 is 33.2 Å². The minimum atomic E-state index is -0.0963. The van der Waals surface area contributed by atoms with Crippen LogP contribution in [0.3, 0.4) is 0 Å². The van der Waals surface area contributed by atoms with E-state index in [1.54, 1.807) is 23.1 Å². The summed E-state index contributed by atoms with van der Waals surface area (Å²) < 4.78 is 2.62. The van der Waals surface area contributed by atoms with Crippen molar-refractivity contribution in [3.8, 4) is 5.82 Å². The predicted molar refractivity (Wildman–Crippen MR) is 84.5 cm³/mol. The van der Waals surface area contributed by atoms with Gasteiger partial charge in [-0.25, -0.2) is 9.67 Å². The fourth-order valence-electron chi connectivity index (χ4n) is 1.87. The molecule has 3 heterocycles. The first-order valence-electron chi connectivity index (χ1n) is 6.21. The number of aromatic nitrogens is 3. The largest absolute Gasteiger partial charge is 0.347 e. The van der Waals surface area contributed by atoms with Crippen molar-refractivity contribution in [1.82, 2.24) is 20.1 Å². The molecule has 106 valence electrons. The van der Waals surface area contributed by atoms with E-state index >= 15 is 0 Å². The number of amides is 1. The molecule has 0 bridgehead atoms. The Bertz CT molecular complexity index is 754. The Morgan fingerprint density at radius 2 is 2.19 bits per heavy atom. The van der Waals surface area contributed by atoms with Gasteiger partial charge in [-0.1, -0.05) is 6.07 Å². The fourth-order valence-corrected chi connectivity index (χ4v) is 3.17. The summed E-state index contributed by atoms with van der Waals surface area (Å²) in [6, 6.07) is 9.26. The van der Waals surface area contributed by atoms with E-state index in [-0.39, 0.29) is 5.91 Å². The van der Waals surface area contributed by atoms with Gasteiger partial charge in [0.25, 0.3) is 5.91 Å². The van der Waals surface area contributed by atoms with Crippen LogP contribution in [0.4, 0.5) is 0 Å². The molecule has 1 amide bonds. The molecule has 21 heavy (non-hydrogen) atoms. The second kappa shape index (κ2) is 6.19. The SMILES string of the molecule is O=C(NCc1cccnc1-n1cccn1)c1ccc(Br)s1. The molecule has 0 unspecified atom stereocenters. The molecule has 0 fully saturated rings. The predicted octanol–water partition coefficient (Wildman–Crippen LogP) is 3.02. The van der Waals surface area contributed by atoms with Crippen LogP contribution in [0.1, 0.15) is 15.2 Å². The molecule has 0 aliphatic carbocycles. The van der Waals surface area contributed by atoms with Crippen LogP contribution in [0.25, 0.3) is 5.82 Å². The molecule has 1 N–H and O–H groups in total. The van der Waals surface area contributed by atoms with Crippen molar-refractivity contribution in [2.24, 2.45) is 0 Å². The zero-order valence-corrected chi connectivity index (χ0v) is 13.3. The Morgan fingerprint density at radius 1 is 1.29 bits per heavy atom. The van der Waals surface area contributed by atoms with Gasteiger partial charge in [-0.15, -0.1) is 11.3 Å². The number of halogens is 1. The van der Waals surface area contributed by atoms with E-state index < -0.39 is 0 Å². The van der Waals surface area contributed by atoms with Crippen molar-refractivity contribution < 1.29 is 4.79 Å². The first-order chi connectivity index (χ1) is 10.2. The minimum Gasteiger partial charge on any atom is -0.347 e. The number of hydrogen-bond acceptors (Lipinski definition) is 4. The van der Waals surface area contributed by atoms with E-state index in [2.05, 4.69) is 31.3 Å². The van der Waals surface area contributed by atoms with Gasteiger partial charge in [-0.05, 0) is 40.2 Å². The van der Waals surface area contributed by atoms with Crippen LogP contribution in [-0.4, -0.2) is 20.7 Å². The highest BCUT2D eigenvalue weighted by atomic mass is 79.9. The van der Waals surface area contributed by atoms with E-state index in [0.717, 1.165) is 15.2 Å². The number of rotatable bonds is 4. The van der Waals surface area contributed by atoms with Crippen LogP contribution in [0.15, 0.2) is 52.7 Å². The van der Waals surface area contributed by atoms with Crippen molar-refractivity contribution in [2.45, 2.75) is 6.54 Å². The van der Waals surface area contributed by atoms with E-state index in [4.69, 9.17) is 0 Å². The van der Waals surface area contributed by atoms with Crippen LogP contribution in [0, 0.1) is 0 Å². The average Bonchev–Trinajstić information content (AvgIpc) is 3.16. The van der Waals surface area contributed by atoms with E-state index in [1.165, 1.54) is 11.3 Å². The van der Waals surface area contributed by atoms with E-state index in [0.29, 0.717) is 11.4 Å². The summed E-state index contributed by atoms with van der Waals surface area (Å²) in [7, 11) is 0. The van der Waals surface area contributed by atoms with Crippen LogP contribution in [0.5, 0.6) is 0 Å². The summed E-state index contributed by atoms with van der Waals surface area (Å²) in [5, 5.41) is 7.07. The van der Waals surface area contributed by atoms with Crippen LogP contribution in [-0.2, 0) is 6.54 Å². The highest BCUT2D eigenvalue weighted by molar-refractivity contribution is 9.11. The lowest BCUT2D eigenvalue weighted by Gasteiger charge is -2.09. The molecule has 3 aromatic heterocycles. The maximum Gasteiger partial charge on any atom is 0.261 e. The van der Waals surface area contributed by atoms with Gasteiger partial charge in [0.2, 0.25) is 0 Å². The fraction of sp³-hybridized carbons (Fsp3) is 0.0714. The van der Waals surface area contributed by atoms with Crippen molar-refractivity contribution in [1.29, 1.82) is 0 Å². The monoisotopic (exact) mass is 362 g/mol. The van der Waals surface area contributed by atoms with Crippen molar-refractivity contribution in [3.63, 3.8) is 0 Å². The van der Waals surface area contributed by atoms with Crippen LogP contribution >= 0.6 is 27.3 Å². The lowest BCUT2D eigenvalue weighted by molar-refractivity contribution is 0.0955. The summed E-state index contributed by atoms with van der Waals surface area (Å²) in [5.41, 5.74) is 0.908. The summed E-state index contributed by atoms with van der Waals surface area (Å²) in [6.45, 7) is 0.400. The highest BCUT2D eigenvalue weighted by Gasteiger charge is 2.10.